The zero-order chi connectivity index (χ0) is 7.40. The van der Waals surface area contributed by atoms with Crippen LogP contribution >= 0.6 is 11.3 Å². The summed E-state index contributed by atoms with van der Waals surface area (Å²) in [6, 6.07) is 0. The Hall–Kier alpha value is -0.850. The fraction of sp³-hybridized carbons (Fsp3) is 0.286. The van der Waals surface area contributed by atoms with E-state index in [9.17, 15) is 0 Å². The highest BCUT2D eigenvalue weighted by Crippen LogP contribution is 2.08. The monoisotopic (exact) mass is 152 g/mol. The van der Waals surface area contributed by atoms with Crippen molar-refractivity contribution < 1.29 is 0 Å². The maximum atomic E-state index is 5.33. The van der Waals surface area contributed by atoms with Gasteiger partial charge < -0.3 is 5.73 Å². The Kier molecular flexibility index (Phi) is 2.43. The number of hydrogen-bond donors (Lipinski definition) is 1. The van der Waals surface area contributed by atoms with Crippen LogP contribution < -0.4 is 5.73 Å². The summed E-state index contributed by atoms with van der Waals surface area (Å²) < 4.78 is 0. The fourth-order valence-electron chi connectivity index (χ4n) is 0.615. The number of rotatable bonds is 2. The lowest BCUT2D eigenvalue weighted by molar-refractivity contribution is 0.951. The molecular formula is C7H8N2S. The van der Waals surface area contributed by atoms with Gasteiger partial charge in [-0.25, -0.2) is 4.98 Å². The molecule has 0 radical (unpaired) electrons. The van der Waals surface area contributed by atoms with Crippen molar-refractivity contribution >= 4 is 11.3 Å². The zero-order valence-corrected chi connectivity index (χ0v) is 6.32. The molecule has 0 amide bonds. The van der Waals surface area contributed by atoms with Crippen molar-refractivity contribution in [2.45, 2.75) is 6.42 Å². The van der Waals surface area contributed by atoms with Crippen LogP contribution in [0.2, 0.25) is 0 Å². The second kappa shape index (κ2) is 3.35. The lowest BCUT2D eigenvalue weighted by Gasteiger charge is -1.85. The van der Waals surface area contributed by atoms with Gasteiger partial charge in [0.05, 0.1) is 5.01 Å². The molecule has 0 aliphatic heterocycles. The van der Waals surface area contributed by atoms with Gasteiger partial charge in [0, 0.05) is 11.8 Å². The van der Waals surface area contributed by atoms with Crippen LogP contribution in [0.15, 0.2) is 5.38 Å². The van der Waals surface area contributed by atoms with Crippen molar-refractivity contribution in [2.75, 3.05) is 6.54 Å². The van der Waals surface area contributed by atoms with Crippen molar-refractivity contribution in [1.29, 1.82) is 0 Å². The molecule has 0 aliphatic rings. The standard InChI is InChI=1S/C7H8N2S/c1-2-6-5-10-7(9-6)3-4-8/h1,5H,3-4,8H2. The summed E-state index contributed by atoms with van der Waals surface area (Å²) in [7, 11) is 0. The van der Waals surface area contributed by atoms with Gasteiger partial charge in [0.15, 0.2) is 0 Å². The second-order valence-corrected chi connectivity index (χ2v) is 2.75. The first-order valence-corrected chi connectivity index (χ1v) is 3.86. The van der Waals surface area contributed by atoms with E-state index in [1.165, 1.54) is 0 Å². The summed E-state index contributed by atoms with van der Waals surface area (Å²) in [4.78, 5) is 4.12. The van der Waals surface area contributed by atoms with Gasteiger partial charge in [-0.3, -0.25) is 0 Å². The molecule has 3 heteroatoms. The van der Waals surface area contributed by atoms with Gasteiger partial charge in [-0.1, -0.05) is 0 Å². The Morgan fingerprint density at radius 2 is 2.60 bits per heavy atom. The summed E-state index contributed by atoms with van der Waals surface area (Å²) >= 11 is 1.57. The molecule has 0 saturated carbocycles. The molecule has 0 bridgehead atoms. The van der Waals surface area contributed by atoms with E-state index in [0.717, 1.165) is 11.4 Å². The Morgan fingerprint density at radius 3 is 3.10 bits per heavy atom. The van der Waals surface area contributed by atoms with Gasteiger partial charge in [0.1, 0.15) is 5.69 Å². The predicted molar refractivity (Wildman–Crippen MR) is 42.8 cm³/mol. The lowest BCUT2D eigenvalue weighted by Crippen LogP contribution is -2.01. The van der Waals surface area contributed by atoms with Crippen molar-refractivity contribution in [3.05, 3.63) is 16.1 Å². The number of nitrogens with zero attached hydrogens (tertiary/aromatic N) is 1. The highest BCUT2D eigenvalue weighted by atomic mass is 32.1. The number of terminal acetylenes is 1. The first kappa shape index (κ1) is 7.26. The Bertz CT molecular complexity index is 246. The molecule has 0 fully saturated rings. The van der Waals surface area contributed by atoms with Crippen LogP contribution in [-0.4, -0.2) is 11.5 Å². The van der Waals surface area contributed by atoms with Gasteiger partial charge in [-0.05, 0) is 12.5 Å². The molecule has 0 saturated heterocycles. The third kappa shape index (κ3) is 1.56. The molecule has 52 valence electrons. The van der Waals surface area contributed by atoms with E-state index in [1.54, 1.807) is 11.3 Å². The summed E-state index contributed by atoms with van der Waals surface area (Å²) in [6.07, 6.45) is 5.95. The van der Waals surface area contributed by atoms with Crippen LogP contribution in [0.1, 0.15) is 10.7 Å². The van der Waals surface area contributed by atoms with Gasteiger partial charge >= 0.3 is 0 Å². The van der Waals surface area contributed by atoms with E-state index in [-0.39, 0.29) is 0 Å². The zero-order valence-electron chi connectivity index (χ0n) is 5.50. The number of aromatic nitrogens is 1. The maximum absolute atomic E-state index is 5.33. The van der Waals surface area contributed by atoms with E-state index in [0.29, 0.717) is 12.2 Å². The molecule has 1 rings (SSSR count). The van der Waals surface area contributed by atoms with E-state index in [4.69, 9.17) is 12.2 Å². The first-order chi connectivity index (χ1) is 4.86. The van der Waals surface area contributed by atoms with Crippen molar-refractivity contribution in [2.24, 2.45) is 5.73 Å². The third-order valence-corrected chi connectivity index (χ3v) is 1.97. The van der Waals surface area contributed by atoms with Crippen molar-refractivity contribution in [3.8, 4) is 12.3 Å². The van der Waals surface area contributed by atoms with Crippen molar-refractivity contribution in [3.63, 3.8) is 0 Å². The van der Waals surface area contributed by atoms with E-state index in [1.807, 2.05) is 5.38 Å². The summed E-state index contributed by atoms with van der Waals surface area (Å²) in [6.45, 7) is 0.636. The van der Waals surface area contributed by atoms with Gasteiger partial charge in [-0.2, -0.15) is 0 Å². The Labute approximate surface area is 64.1 Å². The summed E-state index contributed by atoms with van der Waals surface area (Å²) in [5.74, 6) is 2.46. The first-order valence-electron chi connectivity index (χ1n) is 2.98. The molecule has 0 spiro atoms. The number of nitrogens with two attached hydrogens (primary N) is 1. The van der Waals surface area contributed by atoms with Crippen LogP contribution in [0.3, 0.4) is 0 Å². The maximum Gasteiger partial charge on any atom is 0.124 e. The van der Waals surface area contributed by atoms with Gasteiger partial charge in [0.2, 0.25) is 0 Å². The molecule has 2 nitrogen and oxygen atoms in total. The molecule has 0 atom stereocenters. The topological polar surface area (TPSA) is 38.9 Å². The quantitative estimate of drug-likeness (QED) is 0.631. The second-order valence-electron chi connectivity index (χ2n) is 1.81. The van der Waals surface area contributed by atoms with Crippen LogP contribution in [0.25, 0.3) is 0 Å². The van der Waals surface area contributed by atoms with Crippen molar-refractivity contribution in [1.82, 2.24) is 4.98 Å². The predicted octanol–water partition coefficient (Wildman–Crippen LogP) is 0.626. The number of thiazole rings is 1. The summed E-state index contributed by atoms with van der Waals surface area (Å²) in [5, 5.41) is 2.89. The van der Waals surface area contributed by atoms with E-state index in [2.05, 4.69) is 10.9 Å². The largest absolute Gasteiger partial charge is 0.330 e. The molecule has 0 aliphatic carbocycles. The number of hydrogen-bond acceptors (Lipinski definition) is 3. The molecule has 0 aromatic carbocycles. The summed E-state index contributed by atoms with van der Waals surface area (Å²) in [5.41, 5.74) is 6.04. The minimum Gasteiger partial charge on any atom is -0.330 e. The molecule has 1 heterocycles. The van der Waals surface area contributed by atoms with Gasteiger partial charge in [0.25, 0.3) is 0 Å². The van der Waals surface area contributed by atoms with E-state index < -0.39 is 0 Å². The molecule has 1 aromatic heterocycles. The minimum atomic E-state index is 0.636. The van der Waals surface area contributed by atoms with Gasteiger partial charge in [-0.15, -0.1) is 17.8 Å². The average molecular weight is 152 g/mol. The molecule has 10 heavy (non-hydrogen) atoms. The molecule has 2 N–H and O–H groups in total. The lowest BCUT2D eigenvalue weighted by atomic mass is 10.4. The SMILES string of the molecule is C#Cc1csc(CCN)n1. The molecule has 1 aromatic rings. The highest BCUT2D eigenvalue weighted by molar-refractivity contribution is 7.09. The average Bonchev–Trinajstić information content (AvgIpc) is 2.37. The minimum absolute atomic E-state index is 0.636. The van der Waals surface area contributed by atoms with Crippen LogP contribution in [0, 0.1) is 12.3 Å². The molecule has 0 unspecified atom stereocenters. The Morgan fingerprint density at radius 1 is 1.80 bits per heavy atom. The van der Waals surface area contributed by atoms with E-state index >= 15 is 0 Å². The highest BCUT2D eigenvalue weighted by Gasteiger charge is 1.96. The smallest absolute Gasteiger partial charge is 0.124 e. The fourth-order valence-corrected chi connectivity index (χ4v) is 1.37. The van der Waals surface area contributed by atoms with Crippen LogP contribution in [0.5, 0.6) is 0 Å². The Balaban J connectivity index is 2.71. The third-order valence-electron chi connectivity index (χ3n) is 1.06. The molecular weight excluding hydrogens is 144 g/mol. The normalized spacial score (nSPS) is 9.20. The van der Waals surface area contributed by atoms with Crippen LogP contribution in [-0.2, 0) is 6.42 Å². The van der Waals surface area contributed by atoms with Crippen LogP contribution in [0.4, 0.5) is 0 Å².